The number of fused-ring (bicyclic) bond motifs is 1. The molecule has 0 heteroatoms. The van der Waals surface area contributed by atoms with Crippen LogP contribution in [0.5, 0.6) is 0 Å². The average molecular weight is 249 g/mol. The Morgan fingerprint density at radius 3 is 2.53 bits per heavy atom. The Labute approximate surface area is 116 Å². The van der Waals surface area contributed by atoms with Gasteiger partial charge in [-0.3, -0.25) is 0 Å². The zero-order valence-electron chi connectivity index (χ0n) is 11.8. The van der Waals surface area contributed by atoms with Crippen LogP contribution in [0.4, 0.5) is 0 Å². The van der Waals surface area contributed by atoms with Crippen molar-refractivity contribution in [3.8, 4) is 11.1 Å². The van der Waals surface area contributed by atoms with E-state index in [2.05, 4.69) is 62.7 Å². The molecule has 0 bridgehead atoms. The van der Waals surface area contributed by atoms with Gasteiger partial charge in [0.2, 0.25) is 0 Å². The second-order valence-corrected chi connectivity index (χ2v) is 5.91. The zero-order valence-corrected chi connectivity index (χ0v) is 11.8. The fourth-order valence-electron chi connectivity index (χ4n) is 3.01. The Morgan fingerprint density at radius 2 is 1.79 bits per heavy atom. The largest absolute Gasteiger partial charge is 0.0625 e. The molecule has 1 aliphatic carbocycles. The lowest BCUT2D eigenvalue weighted by molar-refractivity contribution is 0.647. The molecular weight excluding hydrogens is 228 g/mol. The van der Waals surface area contributed by atoms with Gasteiger partial charge in [-0.15, -0.1) is 0 Å². The maximum atomic E-state index is 2.35. The van der Waals surface area contributed by atoms with Crippen molar-refractivity contribution in [3.05, 3.63) is 65.6 Å². The van der Waals surface area contributed by atoms with E-state index in [9.17, 15) is 0 Å². The summed E-state index contributed by atoms with van der Waals surface area (Å²) >= 11 is 0. The van der Waals surface area contributed by atoms with Crippen LogP contribution in [0, 0.1) is 12.3 Å². The van der Waals surface area contributed by atoms with Gasteiger partial charge in [-0.2, -0.15) is 0 Å². The second-order valence-electron chi connectivity index (χ2n) is 5.91. The summed E-state index contributed by atoms with van der Waals surface area (Å²) in [6, 6.07) is 15.8. The zero-order chi connectivity index (χ0) is 13.2. The van der Waals surface area contributed by atoms with E-state index in [1.54, 1.807) is 0 Å². The summed E-state index contributed by atoms with van der Waals surface area (Å²) < 4.78 is 0. The van der Waals surface area contributed by atoms with Crippen molar-refractivity contribution >= 4 is 0 Å². The molecule has 1 aliphatic rings. The van der Waals surface area contributed by atoms with Gasteiger partial charge in [0.25, 0.3) is 0 Å². The van der Waals surface area contributed by atoms with Crippen LogP contribution in [-0.2, 0) is 12.8 Å². The summed E-state index contributed by atoms with van der Waals surface area (Å²) in [4.78, 5) is 0. The van der Waals surface area contributed by atoms with Gasteiger partial charge in [-0.1, -0.05) is 56.3 Å². The molecule has 0 aromatic heterocycles. The first kappa shape index (κ1) is 12.5. The second kappa shape index (κ2) is 5.21. The number of rotatable bonds is 3. The van der Waals surface area contributed by atoms with Crippen LogP contribution in [-0.4, -0.2) is 0 Å². The number of benzene rings is 2. The first-order valence-corrected chi connectivity index (χ1v) is 7.28. The molecule has 2 aromatic carbocycles. The van der Waals surface area contributed by atoms with Crippen LogP contribution in [0.2, 0.25) is 0 Å². The van der Waals surface area contributed by atoms with E-state index in [1.807, 2.05) is 0 Å². The molecule has 2 aromatic rings. The molecular formula is C19H21. The van der Waals surface area contributed by atoms with E-state index in [0.29, 0.717) is 0 Å². The van der Waals surface area contributed by atoms with Crippen molar-refractivity contribution in [1.29, 1.82) is 0 Å². The van der Waals surface area contributed by atoms with E-state index in [-0.39, 0.29) is 0 Å². The lowest BCUT2D eigenvalue weighted by Gasteiger charge is -2.10. The highest BCUT2D eigenvalue weighted by molar-refractivity contribution is 5.70. The Kier molecular flexibility index (Phi) is 3.42. The Morgan fingerprint density at radius 1 is 1.00 bits per heavy atom. The molecule has 1 radical (unpaired) electrons. The van der Waals surface area contributed by atoms with Gasteiger partial charge in [-0.25, -0.2) is 0 Å². The van der Waals surface area contributed by atoms with Crippen LogP contribution in [0.25, 0.3) is 11.1 Å². The average Bonchev–Trinajstić information content (AvgIpc) is 2.87. The van der Waals surface area contributed by atoms with Gasteiger partial charge in [0.15, 0.2) is 0 Å². The number of hydrogen-bond donors (Lipinski definition) is 0. The van der Waals surface area contributed by atoms with Gasteiger partial charge >= 0.3 is 0 Å². The van der Waals surface area contributed by atoms with Crippen molar-refractivity contribution in [2.24, 2.45) is 5.92 Å². The predicted octanol–water partition coefficient (Wildman–Crippen LogP) is 5.05. The SMILES string of the molecule is CC(C)Cc1ccc(-c2cccc3c2CC[CH]3)cc1. The summed E-state index contributed by atoms with van der Waals surface area (Å²) in [5, 5.41) is 0. The topological polar surface area (TPSA) is 0 Å². The summed E-state index contributed by atoms with van der Waals surface area (Å²) in [5.41, 5.74) is 7.18. The Balaban J connectivity index is 1.93. The van der Waals surface area contributed by atoms with E-state index in [4.69, 9.17) is 0 Å². The summed E-state index contributed by atoms with van der Waals surface area (Å²) in [7, 11) is 0. The molecule has 0 spiro atoms. The highest BCUT2D eigenvalue weighted by atomic mass is 14.2. The van der Waals surface area contributed by atoms with Crippen molar-refractivity contribution in [3.63, 3.8) is 0 Å². The third-order valence-corrected chi connectivity index (χ3v) is 3.88. The van der Waals surface area contributed by atoms with Crippen molar-refractivity contribution in [2.45, 2.75) is 33.1 Å². The molecule has 0 unspecified atom stereocenters. The fourth-order valence-corrected chi connectivity index (χ4v) is 3.01. The minimum Gasteiger partial charge on any atom is -0.0625 e. The third kappa shape index (κ3) is 2.58. The maximum absolute atomic E-state index is 2.35. The van der Waals surface area contributed by atoms with Gasteiger partial charge < -0.3 is 0 Å². The van der Waals surface area contributed by atoms with E-state index < -0.39 is 0 Å². The standard InChI is InChI=1S/C19H21/c1-14(2)13-15-9-11-17(12-10-15)19-8-4-6-16-5-3-7-18(16)19/h4-6,8-12,14H,3,7,13H2,1-2H3. The van der Waals surface area contributed by atoms with Crippen molar-refractivity contribution in [2.75, 3.05) is 0 Å². The Hall–Kier alpha value is -1.56. The molecule has 0 saturated carbocycles. The molecule has 0 N–H and O–H groups in total. The first-order valence-electron chi connectivity index (χ1n) is 7.28. The quantitative estimate of drug-likeness (QED) is 0.714. The van der Waals surface area contributed by atoms with Gasteiger partial charge in [0.1, 0.15) is 0 Å². The molecule has 3 rings (SSSR count). The molecule has 0 saturated heterocycles. The smallest absolute Gasteiger partial charge is 0.00868 e. The van der Waals surface area contributed by atoms with E-state index >= 15 is 0 Å². The van der Waals surface area contributed by atoms with Crippen LogP contribution in [0.3, 0.4) is 0 Å². The molecule has 97 valence electrons. The highest BCUT2D eigenvalue weighted by Gasteiger charge is 2.15. The van der Waals surface area contributed by atoms with Crippen molar-refractivity contribution in [1.82, 2.24) is 0 Å². The first-order chi connectivity index (χ1) is 9.24. The van der Waals surface area contributed by atoms with Crippen LogP contribution >= 0.6 is 0 Å². The van der Waals surface area contributed by atoms with Crippen LogP contribution in [0.1, 0.15) is 37.0 Å². The minimum atomic E-state index is 0.724. The van der Waals surface area contributed by atoms with Gasteiger partial charge in [-0.05, 0) is 59.4 Å². The minimum absolute atomic E-state index is 0.724. The highest BCUT2D eigenvalue weighted by Crippen LogP contribution is 2.33. The van der Waals surface area contributed by atoms with Gasteiger partial charge in [0.05, 0.1) is 0 Å². The normalized spacial score (nSPS) is 13.8. The van der Waals surface area contributed by atoms with Crippen LogP contribution in [0.15, 0.2) is 42.5 Å². The van der Waals surface area contributed by atoms with Crippen molar-refractivity contribution < 1.29 is 0 Å². The molecule has 0 nitrogen and oxygen atoms in total. The molecule has 0 aliphatic heterocycles. The third-order valence-electron chi connectivity index (χ3n) is 3.88. The molecule has 0 amide bonds. The maximum Gasteiger partial charge on any atom is -0.00868 e. The predicted molar refractivity (Wildman–Crippen MR) is 82.1 cm³/mol. The van der Waals surface area contributed by atoms with E-state index in [1.165, 1.54) is 47.1 Å². The van der Waals surface area contributed by atoms with Gasteiger partial charge in [0, 0.05) is 0 Å². The van der Waals surface area contributed by atoms with E-state index in [0.717, 1.165) is 5.92 Å². The summed E-state index contributed by atoms with van der Waals surface area (Å²) in [6.45, 7) is 4.54. The van der Waals surface area contributed by atoms with Crippen LogP contribution < -0.4 is 0 Å². The fraction of sp³-hybridized carbons (Fsp3) is 0.316. The Bertz CT molecular complexity index is 561. The molecule has 0 heterocycles. The number of hydrogen-bond acceptors (Lipinski definition) is 0. The lowest BCUT2D eigenvalue weighted by atomic mass is 9.95. The molecule has 19 heavy (non-hydrogen) atoms. The molecule has 0 atom stereocenters. The monoisotopic (exact) mass is 249 g/mol. The summed E-state index contributed by atoms with van der Waals surface area (Å²) in [5.74, 6) is 0.724. The lowest BCUT2D eigenvalue weighted by Crippen LogP contribution is -1.94. The summed E-state index contributed by atoms with van der Waals surface area (Å²) in [6.07, 6.45) is 5.91. The molecule has 0 fully saturated rings.